The number of methoxy groups -OCH3 is 1. The predicted octanol–water partition coefficient (Wildman–Crippen LogP) is 5.16. The second-order valence-corrected chi connectivity index (χ2v) is 8.21. The highest BCUT2D eigenvalue weighted by Crippen LogP contribution is 2.23. The van der Waals surface area contributed by atoms with Gasteiger partial charge in [-0.2, -0.15) is 0 Å². The molecule has 140 valence electrons. The van der Waals surface area contributed by atoms with E-state index in [1.54, 1.807) is 18.9 Å². The molecule has 0 aliphatic rings. The van der Waals surface area contributed by atoms with Gasteiger partial charge in [0.15, 0.2) is 0 Å². The Bertz CT molecular complexity index is 650. The summed E-state index contributed by atoms with van der Waals surface area (Å²) in [6.45, 7) is 5.72. The van der Waals surface area contributed by atoms with E-state index in [0.717, 1.165) is 16.9 Å². The van der Waals surface area contributed by atoms with Gasteiger partial charge in [-0.1, -0.05) is 24.3 Å². The lowest BCUT2D eigenvalue weighted by atomic mass is 9.92. The molecule has 0 unspecified atom stereocenters. The van der Waals surface area contributed by atoms with E-state index in [0.29, 0.717) is 12.8 Å². The van der Waals surface area contributed by atoms with E-state index < -0.39 is 5.60 Å². The van der Waals surface area contributed by atoms with Gasteiger partial charge >= 0.3 is 5.97 Å². The molecule has 26 heavy (non-hydrogen) atoms. The fourth-order valence-electron chi connectivity index (χ4n) is 2.72. The zero-order valence-corrected chi connectivity index (χ0v) is 17.1. The van der Waals surface area contributed by atoms with Crippen LogP contribution in [0.4, 0.5) is 0 Å². The molecule has 0 spiro atoms. The van der Waals surface area contributed by atoms with Gasteiger partial charge in [0.05, 0.1) is 13.0 Å². The number of esters is 1. The first-order valence-electron chi connectivity index (χ1n) is 8.79. The minimum Gasteiger partial charge on any atom is -0.497 e. The molecule has 3 nitrogen and oxygen atoms in total. The van der Waals surface area contributed by atoms with Crippen LogP contribution in [-0.2, 0) is 22.4 Å². The third-order valence-electron chi connectivity index (χ3n) is 4.02. The van der Waals surface area contributed by atoms with E-state index in [1.165, 1.54) is 4.90 Å². The van der Waals surface area contributed by atoms with Crippen LogP contribution in [0.1, 0.15) is 31.9 Å². The van der Waals surface area contributed by atoms with Gasteiger partial charge in [0.1, 0.15) is 11.4 Å². The first-order valence-corrected chi connectivity index (χ1v) is 10.0. The summed E-state index contributed by atoms with van der Waals surface area (Å²) in [7, 11) is 1.65. The third-order valence-corrected chi connectivity index (χ3v) is 4.77. The summed E-state index contributed by atoms with van der Waals surface area (Å²) in [5, 5.41) is 0. The van der Waals surface area contributed by atoms with Crippen molar-refractivity contribution < 1.29 is 14.3 Å². The van der Waals surface area contributed by atoms with Crippen LogP contribution >= 0.6 is 11.8 Å². The minimum atomic E-state index is -0.488. The summed E-state index contributed by atoms with van der Waals surface area (Å²) >= 11 is 1.71. The van der Waals surface area contributed by atoms with Crippen molar-refractivity contribution in [3.8, 4) is 5.75 Å². The minimum absolute atomic E-state index is 0.151. The Hall–Kier alpha value is -1.94. The van der Waals surface area contributed by atoms with Crippen LogP contribution in [0.3, 0.4) is 0 Å². The topological polar surface area (TPSA) is 35.5 Å². The van der Waals surface area contributed by atoms with Crippen molar-refractivity contribution in [2.45, 2.75) is 44.1 Å². The SMILES string of the molecule is COc1ccc(C[C@@H](Cc2ccc(SC)cc2)C(=O)OC(C)(C)C)cc1. The van der Waals surface area contributed by atoms with Gasteiger partial charge < -0.3 is 9.47 Å². The lowest BCUT2D eigenvalue weighted by Gasteiger charge is -2.24. The van der Waals surface area contributed by atoms with E-state index in [9.17, 15) is 4.79 Å². The molecule has 0 aliphatic heterocycles. The van der Waals surface area contributed by atoms with E-state index in [4.69, 9.17) is 9.47 Å². The summed E-state index contributed by atoms with van der Waals surface area (Å²) in [6, 6.07) is 16.2. The summed E-state index contributed by atoms with van der Waals surface area (Å²) in [5.41, 5.74) is 1.76. The number of benzene rings is 2. The van der Waals surface area contributed by atoms with Crippen molar-refractivity contribution >= 4 is 17.7 Å². The van der Waals surface area contributed by atoms with Gasteiger partial charge in [0.25, 0.3) is 0 Å². The Morgan fingerprint density at radius 1 is 0.962 bits per heavy atom. The molecule has 2 aromatic carbocycles. The molecule has 0 amide bonds. The van der Waals surface area contributed by atoms with Crippen LogP contribution in [0.5, 0.6) is 5.75 Å². The zero-order valence-electron chi connectivity index (χ0n) is 16.2. The Kier molecular flexibility index (Phi) is 7.15. The number of carbonyl (C=O) groups is 1. The van der Waals surface area contributed by atoms with E-state index in [1.807, 2.05) is 45.0 Å². The average molecular weight is 373 g/mol. The highest BCUT2D eigenvalue weighted by Gasteiger charge is 2.25. The Labute approximate surface area is 161 Å². The van der Waals surface area contributed by atoms with Crippen LogP contribution in [0.25, 0.3) is 0 Å². The fourth-order valence-corrected chi connectivity index (χ4v) is 3.12. The molecule has 0 saturated heterocycles. The second-order valence-electron chi connectivity index (χ2n) is 7.33. The van der Waals surface area contributed by atoms with Crippen LogP contribution < -0.4 is 4.74 Å². The smallest absolute Gasteiger partial charge is 0.310 e. The monoisotopic (exact) mass is 372 g/mol. The Morgan fingerprint density at radius 3 is 1.88 bits per heavy atom. The second kappa shape index (κ2) is 9.13. The molecular weight excluding hydrogens is 344 g/mol. The molecule has 0 N–H and O–H groups in total. The van der Waals surface area contributed by atoms with Crippen LogP contribution in [0.2, 0.25) is 0 Å². The first kappa shape index (κ1) is 20.4. The van der Waals surface area contributed by atoms with Crippen molar-refractivity contribution in [1.82, 2.24) is 0 Å². The van der Waals surface area contributed by atoms with Crippen molar-refractivity contribution in [2.75, 3.05) is 13.4 Å². The van der Waals surface area contributed by atoms with Gasteiger partial charge in [-0.05, 0) is 75.3 Å². The predicted molar refractivity (Wildman–Crippen MR) is 108 cm³/mol. The van der Waals surface area contributed by atoms with Crippen LogP contribution in [-0.4, -0.2) is 24.9 Å². The Morgan fingerprint density at radius 2 is 1.46 bits per heavy atom. The Balaban J connectivity index is 2.17. The van der Waals surface area contributed by atoms with Gasteiger partial charge in [-0.25, -0.2) is 0 Å². The van der Waals surface area contributed by atoms with E-state index in [-0.39, 0.29) is 11.9 Å². The number of rotatable bonds is 7. The van der Waals surface area contributed by atoms with Gasteiger partial charge in [0, 0.05) is 4.90 Å². The summed E-state index contributed by atoms with van der Waals surface area (Å²) in [5.74, 6) is 0.445. The third kappa shape index (κ3) is 6.41. The highest BCUT2D eigenvalue weighted by molar-refractivity contribution is 7.98. The zero-order chi connectivity index (χ0) is 19.2. The fraction of sp³-hybridized carbons (Fsp3) is 0.409. The van der Waals surface area contributed by atoms with Crippen molar-refractivity contribution in [2.24, 2.45) is 5.92 Å². The quantitative estimate of drug-likeness (QED) is 0.497. The lowest BCUT2D eigenvalue weighted by Crippen LogP contribution is -2.30. The number of carbonyl (C=O) groups excluding carboxylic acids is 1. The van der Waals surface area contributed by atoms with Crippen molar-refractivity contribution in [3.63, 3.8) is 0 Å². The summed E-state index contributed by atoms with van der Waals surface area (Å²) < 4.78 is 10.9. The molecule has 0 fully saturated rings. The molecule has 2 rings (SSSR count). The number of hydrogen-bond donors (Lipinski definition) is 0. The molecular formula is C22H28O3S. The van der Waals surface area contributed by atoms with Crippen LogP contribution in [0, 0.1) is 5.92 Å². The molecule has 0 aromatic heterocycles. The lowest BCUT2D eigenvalue weighted by molar-refractivity contribution is -0.159. The maximum absolute atomic E-state index is 12.8. The molecule has 0 heterocycles. The molecule has 2 aromatic rings. The molecule has 0 aliphatic carbocycles. The molecule has 0 bridgehead atoms. The summed E-state index contributed by atoms with van der Waals surface area (Å²) in [4.78, 5) is 14.0. The van der Waals surface area contributed by atoms with E-state index >= 15 is 0 Å². The molecule has 0 saturated carbocycles. The maximum Gasteiger partial charge on any atom is 0.310 e. The average Bonchev–Trinajstić information content (AvgIpc) is 2.61. The largest absolute Gasteiger partial charge is 0.497 e. The number of hydrogen-bond acceptors (Lipinski definition) is 4. The molecule has 1 atom stereocenters. The standard InChI is InChI=1S/C22H28O3S/c1-22(2,3)25-21(23)18(14-16-6-10-19(24-4)11-7-16)15-17-8-12-20(26-5)13-9-17/h6-13,18H,14-15H2,1-5H3/t18-/m0/s1. The summed E-state index contributed by atoms with van der Waals surface area (Å²) in [6.07, 6.45) is 3.36. The first-order chi connectivity index (χ1) is 12.3. The maximum atomic E-state index is 12.8. The molecule has 0 radical (unpaired) electrons. The number of ether oxygens (including phenoxy) is 2. The van der Waals surface area contributed by atoms with Crippen molar-refractivity contribution in [1.29, 1.82) is 0 Å². The van der Waals surface area contributed by atoms with Gasteiger partial charge in [0.2, 0.25) is 0 Å². The van der Waals surface area contributed by atoms with E-state index in [2.05, 4.69) is 30.5 Å². The normalized spacial score (nSPS) is 12.5. The van der Waals surface area contributed by atoms with Crippen LogP contribution in [0.15, 0.2) is 53.4 Å². The number of thioether (sulfide) groups is 1. The van der Waals surface area contributed by atoms with Gasteiger partial charge in [-0.3, -0.25) is 4.79 Å². The highest BCUT2D eigenvalue weighted by atomic mass is 32.2. The molecule has 4 heteroatoms. The van der Waals surface area contributed by atoms with Gasteiger partial charge in [-0.15, -0.1) is 11.8 Å². The van der Waals surface area contributed by atoms with Crippen molar-refractivity contribution in [3.05, 3.63) is 59.7 Å².